The van der Waals surface area contributed by atoms with E-state index < -0.39 is 11.6 Å². The van der Waals surface area contributed by atoms with Gasteiger partial charge < -0.3 is 10.6 Å². The summed E-state index contributed by atoms with van der Waals surface area (Å²) in [7, 11) is 0. The van der Waals surface area contributed by atoms with Gasteiger partial charge in [-0.15, -0.1) is 0 Å². The van der Waals surface area contributed by atoms with Crippen LogP contribution in [0, 0.1) is 11.6 Å². The van der Waals surface area contributed by atoms with Crippen LogP contribution in [-0.4, -0.2) is 19.0 Å². The molecule has 16 heavy (non-hydrogen) atoms. The Morgan fingerprint density at radius 3 is 2.69 bits per heavy atom. The first-order valence-electron chi connectivity index (χ1n) is 4.98. The van der Waals surface area contributed by atoms with E-state index in [9.17, 15) is 13.6 Å². The molecule has 1 rings (SSSR count). The molecule has 0 bridgehead atoms. The number of carbonyl (C=O) groups is 1. The molecule has 88 valence electrons. The lowest BCUT2D eigenvalue weighted by Crippen LogP contribution is -2.30. The maximum Gasteiger partial charge on any atom is 0.216 e. The van der Waals surface area contributed by atoms with Crippen molar-refractivity contribution in [2.24, 2.45) is 0 Å². The summed E-state index contributed by atoms with van der Waals surface area (Å²) in [6.45, 7) is 2.76. The summed E-state index contributed by atoms with van der Waals surface area (Å²) in [5.41, 5.74) is 0.407. The van der Waals surface area contributed by atoms with Crippen LogP contribution in [0.2, 0.25) is 0 Å². The lowest BCUT2D eigenvalue weighted by Gasteiger charge is -2.06. The van der Waals surface area contributed by atoms with Gasteiger partial charge in [-0.25, -0.2) is 8.78 Å². The van der Waals surface area contributed by atoms with Gasteiger partial charge in [0, 0.05) is 38.2 Å². The molecule has 0 radical (unpaired) electrons. The minimum Gasteiger partial charge on any atom is -0.355 e. The second kappa shape index (κ2) is 6.17. The first-order chi connectivity index (χ1) is 7.59. The summed E-state index contributed by atoms with van der Waals surface area (Å²) < 4.78 is 25.7. The van der Waals surface area contributed by atoms with Crippen LogP contribution in [-0.2, 0) is 11.3 Å². The number of amides is 1. The predicted octanol–water partition coefficient (Wildman–Crippen LogP) is 1.19. The van der Waals surface area contributed by atoms with E-state index in [0.717, 1.165) is 6.07 Å². The van der Waals surface area contributed by atoms with Gasteiger partial charge in [-0.3, -0.25) is 4.79 Å². The number of benzene rings is 1. The Labute approximate surface area is 92.8 Å². The maximum atomic E-state index is 13.1. The second-order valence-corrected chi connectivity index (χ2v) is 3.40. The Hall–Kier alpha value is -1.49. The van der Waals surface area contributed by atoms with Gasteiger partial charge in [0.2, 0.25) is 5.91 Å². The van der Waals surface area contributed by atoms with Crippen molar-refractivity contribution < 1.29 is 13.6 Å². The fraction of sp³-hybridized carbons (Fsp3) is 0.364. The summed E-state index contributed by atoms with van der Waals surface area (Å²) in [6.07, 6.45) is 0. The van der Waals surface area contributed by atoms with Gasteiger partial charge in [-0.2, -0.15) is 0 Å². The van der Waals surface area contributed by atoms with Crippen molar-refractivity contribution in [3.05, 3.63) is 35.4 Å². The number of nitrogens with one attached hydrogen (secondary N) is 2. The summed E-state index contributed by atoms with van der Waals surface area (Å²) in [5, 5.41) is 5.54. The fourth-order valence-electron chi connectivity index (χ4n) is 1.22. The van der Waals surface area contributed by atoms with E-state index in [2.05, 4.69) is 10.6 Å². The van der Waals surface area contributed by atoms with Crippen LogP contribution >= 0.6 is 0 Å². The molecule has 0 atom stereocenters. The van der Waals surface area contributed by atoms with Crippen molar-refractivity contribution in [1.82, 2.24) is 10.6 Å². The molecule has 2 N–H and O–H groups in total. The van der Waals surface area contributed by atoms with E-state index >= 15 is 0 Å². The summed E-state index contributed by atoms with van der Waals surface area (Å²) in [6, 6.07) is 3.47. The van der Waals surface area contributed by atoms with Crippen LogP contribution in [0.3, 0.4) is 0 Å². The van der Waals surface area contributed by atoms with Crippen molar-refractivity contribution in [1.29, 1.82) is 0 Å². The first-order valence-corrected chi connectivity index (χ1v) is 4.98. The van der Waals surface area contributed by atoms with Gasteiger partial charge in [0.25, 0.3) is 0 Å². The topological polar surface area (TPSA) is 41.1 Å². The molecule has 3 nitrogen and oxygen atoms in total. The van der Waals surface area contributed by atoms with Crippen LogP contribution < -0.4 is 10.6 Å². The number of carbonyl (C=O) groups excluding carboxylic acids is 1. The highest BCUT2D eigenvalue weighted by Gasteiger charge is 2.02. The van der Waals surface area contributed by atoms with E-state index in [-0.39, 0.29) is 5.91 Å². The van der Waals surface area contributed by atoms with E-state index in [1.54, 1.807) is 0 Å². The number of hydrogen-bond donors (Lipinski definition) is 2. The lowest BCUT2D eigenvalue weighted by atomic mass is 10.2. The molecule has 1 amide bonds. The van der Waals surface area contributed by atoms with E-state index in [0.29, 0.717) is 25.2 Å². The van der Waals surface area contributed by atoms with Crippen LogP contribution in [0.15, 0.2) is 18.2 Å². The van der Waals surface area contributed by atoms with Crippen LogP contribution in [0.1, 0.15) is 12.5 Å². The normalized spacial score (nSPS) is 10.2. The molecule has 0 saturated heterocycles. The first kappa shape index (κ1) is 12.6. The SMILES string of the molecule is CC(=O)NCCNCc1ccc(F)cc1F. The number of hydrogen-bond acceptors (Lipinski definition) is 2. The fourth-order valence-corrected chi connectivity index (χ4v) is 1.22. The second-order valence-electron chi connectivity index (χ2n) is 3.40. The molecule has 0 aromatic heterocycles. The quantitative estimate of drug-likeness (QED) is 0.743. The third kappa shape index (κ3) is 4.35. The third-order valence-electron chi connectivity index (χ3n) is 2.01. The smallest absolute Gasteiger partial charge is 0.216 e. The highest BCUT2D eigenvalue weighted by Crippen LogP contribution is 2.08. The zero-order chi connectivity index (χ0) is 12.0. The lowest BCUT2D eigenvalue weighted by molar-refractivity contribution is -0.118. The van der Waals surface area contributed by atoms with Gasteiger partial charge in [0.05, 0.1) is 0 Å². The minimum atomic E-state index is -0.584. The molecule has 0 aliphatic heterocycles. The van der Waals surface area contributed by atoms with E-state index in [1.807, 2.05) is 0 Å². The zero-order valence-corrected chi connectivity index (χ0v) is 9.02. The largest absolute Gasteiger partial charge is 0.355 e. The van der Waals surface area contributed by atoms with Gasteiger partial charge in [0.15, 0.2) is 0 Å². The summed E-state index contributed by atoms with van der Waals surface area (Å²) in [5.74, 6) is -1.25. The average molecular weight is 228 g/mol. The van der Waals surface area contributed by atoms with Gasteiger partial charge in [-0.05, 0) is 6.07 Å². The monoisotopic (exact) mass is 228 g/mol. The van der Waals surface area contributed by atoms with Crippen LogP contribution in [0.5, 0.6) is 0 Å². The highest BCUT2D eigenvalue weighted by atomic mass is 19.1. The summed E-state index contributed by atoms with van der Waals surface area (Å²) >= 11 is 0. The Balaban J connectivity index is 2.29. The van der Waals surface area contributed by atoms with Crippen molar-refractivity contribution in [2.45, 2.75) is 13.5 Å². The average Bonchev–Trinajstić information content (AvgIpc) is 2.20. The Kier molecular flexibility index (Phi) is 4.85. The molecule has 0 spiro atoms. The van der Waals surface area contributed by atoms with Crippen molar-refractivity contribution in [2.75, 3.05) is 13.1 Å². The standard InChI is InChI=1S/C11H14F2N2O/c1-8(16)15-5-4-14-7-9-2-3-10(12)6-11(9)13/h2-3,6,14H,4-5,7H2,1H3,(H,15,16). The molecule has 0 unspecified atom stereocenters. The highest BCUT2D eigenvalue weighted by molar-refractivity contribution is 5.72. The molecule has 0 aliphatic rings. The zero-order valence-electron chi connectivity index (χ0n) is 9.02. The number of halogens is 2. The molecule has 0 aliphatic carbocycles. The van der Waals surface area contributed by atoms with Gasteiger partial charge in [-0.1, -0.05) is 6.07 Å². The molecule has 1 aromatic rings. The Bertz CT molecular complexity index is 369. The van der Waals surface area contributed by atoms with Gasteiger partial charge >= 0.3 is 0 Å². The van der Waals surface area contributed by atoms with Crippen LogP contribution in [0.25, 0.3) is 0 Å². The molecular formula is C11H14F2N2O. The van der Waals surface area contributed by atoms with Crippen molar-refractivity contribution in [3.63, 3.8) is 0 Å². The Morgan fingerprint density at radius 2 is 2.06 bits per heavy atom. The van der Waals surface area contributed by atoms with E-state index in [1.165, 1.54) is 19.1 Å². The number of rotatable bonds is 5. The summed E-state index contributed by atoms with van der Waals surface area (Å²) in [4.78, 5) is 10.5. The van der Waals surface area contributed by atoms with Gasteiger partial charge in [0.1, 0.15) is 11.6 Å². The van der Waals surface area contributed by atoms with Crippen molar-refractivity contribution in [3.8, 4) is 0 Å². The predicted molar refractivity (Wildman–Crippen MR) is 56.7 cm³/mol. The third-order valence-corrected chi connectivity index (χ3v) is 2.01. The molecule has 0 saturated carbocycles. The molecule has 0 fully saturated rings. The molecule has 1 aromatic carbocycles. The minimum absolute atomic E-state index is 0.102. The van der Waals surface area contributed by atoms with Crippen LogP contribution in [0.4, 0.5) is 8.78 Å². The molecule has 5 heteroatoms. The van der Waals surface area contributed by atoms with E-state index in [4.69, 9.17) is 0 Å². The Morgan fingerprint density at radius 1 is 1.31 bits per heavy atom. The molecule has 0 heterocycles. The van der Waals surface area contributed by atoms with Crippen molar-refractivity contribution >= 4 is 5.91 Å². The maximum absolute atomic E-state index is 13.1. The molecular weight excluding hydrogens is 214 g/mol.